The summed E-state index contributed by atoms with van der Waals surface area (Å²) in [5.74, 6) is -0.701. The van der Waals surface area contributed by atoms with E-state index in [4.69, 9.17) is 0 Å². The molecule has 2 amide bonds. The van der Waals surface area contributed by atoms with Crippen LogP contribution in [0.3, 0.4) is 0 Å². The van der Waals surface area contributed by atoms with Crippen molar-refractivity contribution in [2.45, 2.75) is 18.2 Å². The molecule has 1 N–H and O–H groups in total. The molecule has 0 atom stereocenters. The zero-order valence-electron chi connectivity index (χ0n) is 19.0. The van der Waals surface area contributed by atoms with Crippen LogP contribution in [0.1, 0.15) is 22.3 Å². The van der Waals surface area contributed by atoms with Crippen LogP contribution >= 0.6 is 0 Å². The molecule has 1 aliphatic rings. The average Bonchev–Trinajstić information content (AvgIpc) is 3.00. The van der Waals surface area contributed by atoms with Gasteiger partial charge in [0.05, 0.1) is 11.4 Å². The Morgan fingerprint density at radius 2 is 1.73 bits per heavy atom. The smallest absolute Gasteiger partial charge is 0.261 e. The van der Waals surface area contributed by atoms with Gasteiger partial charge in [0.15, 0.2) is 0 Å². The highest BCUT2D eigenvalue weighted by Crippen LogP contribution is 2.21. The number of amides is 2. The van der Waals surface area contributed by atoms with Crippen LogP contribution in [0.4, 0.5) is 10.1 Å². The van der Waals surface area contributed by atoms with E-state index in [0.29, 0.717) is 43.9 Å². The molecule has 1 fully saturated rings. The Hall–Kier alpha value is -2.98. The van der Waals surface area contributed by atoms with Gasteiger partial charge in [-0.2, -0.15) is 0 Å². The first kappa shape index (κ1) is 24.7. The zero-order valence-corrected chi connectivity index (χ0v) is 19.9. The van der Waals surface area contributed by atoms with Crippen LogP contribution in [0.2, 0.25) is 0 Å². The van der Waals surface area contributed by atoms with Crippen molar-refractivity contribution in [3.8, 4) is 0 Å². The summed E-state index contributed by atoms with van der Waals surface area (Å²) in [7, 11) is -0.535. The minimum Gasteiger partial charge on any atom is -0.348 e. The number of carbonyl (C=O) groups is 2. The molecule has 3 rings (SSSR count). The van der Waals surface area contributed by atoms with Gasteiger partial charge < -0.3 is 9.80 Å². The van der Waals surface area contributed by atoms with Crippen molar-refractivity contribution in [1.82, 2.24) is 14.7 Å². The molecule has 10 heteroatoms. The number of aryl methyl sites for hydroxylation is 1. The molecule has 178 valence electrons. The second kappa shape index (κ2) is 10.3. The standard InChI is InChI=1S/C23H29FN4O4S/c1-17-5-10-20(33(31,32)25-19-8-6-18(24)7-9-19)15-21(17)23(30)28-12-4-11-27(13-14-28)16-22(29)26(2)3/h5-10,15,25H,4,11-14,16H2,1-3H3. The summed E-state index contributed by atoms with van der Waals surface area (Å²) in [5, 5.41) is 0. The van der Waals surface area contributed by atoms with E-state index in [9.17, 15) is 22.4 Å². The highest BCUT2D eigenvalue weighted by atomic mass is 32.2. The SMILES string of the molecule is Cc1ccc(S(=O)(=O)Nc2ccc(F)cc2)cc1C(=O)N1CCCN(CC(=O)N(C)C)CC1. The molecular weight excluding hydrogens is 447 g/mol. The number of nitrogens with one attached hydrogen (secondary N) is 1. The Morgan fingerprint density at radius 3 is 2.39 bits per heavy atom. The molecule has 0 saturated carbocycles. The maximum atomic E-state index is 13.3. The van der Waals surface area contributed by atoms with Crippen molar-refractivity contribution in [1.29, 1.82) is 0 Å². The number of anilines is 1. The Balaban J connectivity index is 1.75. The van der Waals surface area contributed by atoms with Gasteiger partial charge in [0.2, 0.25) is 5.91 Å². The summed E-state index contributed by atoms with van der Waals surface area (Å²) in [4.78, 5) is 30.5. The highest BCUT2D eigenvalue weighted by Gasteiger charge is 2.24. The van der Waals surface area contributed by atoms with E-state index < -0.39 is 15.8 Å². The van der Waals surface area contributed by atoms with E-state index in [2.05, 4.69) is 4.72 Å². The molecule has 0 radical (unpaired) electrons. The largest absolute Gasteiger partial charge is 0.348 e. The summed E-state index contributed by atoms with van der Waals surface area (Å²) < 4.78 is 41.2. The lowest BCUT2D eigenvalue weighted by Crippen LogP contribution is -2.39. The minimum absolute atomic E-state index is 0.0113. The topological polar surface area (TPSA) is 90.0 Å². The fourth-order valence-electron chi connectivity index (χ4n) is 3.57. The van der Waals surface area contributed by atoms with Crippen LogP contribution in [0, 0.1) is 12.7 Å². The molecule has 1 aliphatic heterocycles. The summed E-state index contributed by atoms with van der Waals surface area (Å²) in [6, 6.07) is 9.41. The van der Waals surface area contributed by atoms with Crippen molar-refractivity contribution in [2.24, 2.45) is 0 Å². The second-order valence-corrected chi connectivity index (χ2v) is 9.98. The van der Waals surface area contributed by atoms with Crippen LogP contribution in [-0.2, 0) is 14.8 Å². The number of benzene rings is 2. The van der Waals surface area contributed by atoms with Crippen LogP contribution in [0.15, 0.2) is 47.4 Å². The molecule has 8 nitrogen and oxygen atoms in total. The summed E-state index contributed by atoms with van der Waals surface area (Å²) >= 11 is 0. The van der Waals surface area contributed by atoms with Gasteiger partial charge in [-0.25, -0.2) is 12.8 Å². The monoisotopic (exact) mass is 476 g/mol. The Kier molecular flexibility index (Phi) is 7.70. The molecule has 1 saturated heterocycles. The van der Waals surface area contributed by atoms with E-state index >= 15 is 0 Å². The minimum atomic E-state index is -3.96. The van der Waals surface area contributed by atoms with Gasteiger partial charge in [0.1, 0.15) is 5.82 Å². The van der Waals surface area contributed by atoms with E-state index in [1.54, 1.807) is 36.9 Å². The fourth-order valence-corrected chi connectivity index (χ4v) is 4.65. The van der Waals surface area contributed by atoms with Gasteiger partial charge in [-0.3, -0.25) is 19.2 Å². The number of likely N-dealkylation sites (N-methyl/N-ethyl adjacent to an activating group) is 1. The van der Waals surface area contributed by atoms with Crippen molar-refractivity contribution in [3.63, 3.8) is 0 Å². The number of sulfonamides is 1. The number of nitrogens with zero attached hydrogens (tertiary/aromatic N) is 3. The molecule has 33 heavy (non-hydrogen) atoms. The molecule has 1 heterocycles. The first-order chi connectivity index (χ1) is 15.6. The third-order valence-electron chi connectivity index (χ3n) is 5.58. The number of rotatable bonds is 6. The Labute approximate surface area is 194 Å². The third kappa shape index (κ3) is 6.29. The van der Waals surface area contributed by atoms with E-state index in [1.165, 1.54) is 24.3 Å². The summed E-state index contributed by atoms with van der Waals surface area (Å²) in [6.45, 7) is 4.31. The van der Waals surface area contributed by atoms with Gasteiger partial charge in [-0.15, -0.1) is 0 Å². The van der Waals surface area contributed by atoms with Crippen molar-refractivity contribution < 1.29 is 22.4 Å². The fraction of sp³-hybridized carbons (Fsp3) is 0.391. The first-order valence-corrected chi connectivity index (χ1v) is 12.2. The molecule has 2 aromatic rings. The lowest BCUT2D eigenvalue weighted by atomic mass is 10.1. The normalized spacial score (nSPS) is 15.1. The quantitative estimate of drug-likeness (QED) is 0.690. The molecule has 0 unspecified atom stereocenters. The van der Waals surface area contributed by atoms with Crippen molar-refractivity contribution >= 4 is 27.5 Å². The molecule has 0 aromatic heterocycles. The van der Waals surface area contributed by atoms with Crippen LogP contribution in [0.5, 0.6) is 0 Å². The molecule has 0 bridgehead atoms. The number of hydrogen-bond acceptors (Lipinski definition) is 5. The number of carbonyl (C=O) groups excluding carboxylic acids is 2. The van der Waals surface area contributed by atoms with E-state index in [-0.39, 0.29) is 22.4 Å². The highest BCUT2D eigenvalue weighted by molar-refractivity contribution is 7.92. The van der Waals surface area contributed by atoms with Gasteiger partial charge in [0, 0.05) is 51.5 Å². The Morgan fingerprint density at radius 1 is 1.03 bits per heavy atom. The maximum Gasteiger partial charge on any atom is 0.261 e. The predicted octanol–water partition coefficient (Wildman–Crippen LogP) is 2.17. The van der Waals surface area contributed by atoms with Gasteiger partial charge in [-0.1, -0.05) is 6.07 Å². The van der Waals surface area contributed by atoms with Gasteiger partial charge in [-0.05, 0) is 55.3 Å². The van der Waals surface area contributed by atoms with E-state index in [0.717, 1.165) is 18.6 Å². The third-order valence-corrected chi connectivity index (χ3v) is 6.96. The molecule has 2 aromatic carbocycles. The zero-order chi connectivity index (χ0) is 24.2. The van der Waals surface area contributed by atoms with Gasteiger partial charge in [0.25, 0.3) is 15.9 Å². The van der Waals surface area contributed by atoms with Crippen molar-refractivity contribution in [2.75, 3.05) is 51.5 Å². The maximum absolute atomic E-state index is 13.3. The number of hydrogen-bond donors (Lipinski definition) is 1. The lowest BCUT2D eigenvalue weighted by Gasteiger charge is -2.23. The van der Waals surface area contributed by atoms with Crippen LogP contribution in [-0.4, -0.2) is 81.8 Å². The summed E-state index contributed by atoms with van der Waals surface area (Å²) in [5.41, 5.74) is 1.21. The van der Waals surface area contributed by atoms with Crippen LogP contribution < -0.4 is 4.72 Å². The Bertz CT molecular complexity index is 1120. The van der Waals surface area contributed by atoms with Gasteiger partial charge >= 0.3 is 0 Å². The van der Waals surface area contributed by atoms with Crippen molar-refractivity contribution in [3.05, 3.63) is 59.4 Å². The summed E-state index contributed by atoms with van der Waals surface area (Å²) in [6.07, 6.45) is 0.718. The number of halogens is 1. The first-order valence-electron chi connectivity index (χ1n) is 10.7. The average molecular weight is 477 g/mol. The molecule has 0 spiro atoms. The lowest BCUT2D eigenvalue weighted by molar-refractivity contribution is -0.129. The predicted molar refractivity (Wildman–Crippen MR) is 124 cm³/mol. The van der Waals surface area contributed by atoms with Crippen LogP contribution in [0.25, 0.3) is 0 Å². The van der Waals surface area contributed by atoms with E-state index in [1.807, 2.05) is 4.90 Å². The molecule has 0 aliphatic carbocycles. The molecular formula is C23H29FN4O4S. The second-order valence-electron chi connectivity index (χ2n) is 8.30.